The summed E-state index contributed by atoms with van der Waals surface area (Å²) in [6, 6.07) is 0. The molecule has 0 spiro atoms. The van der Waals surface area contributed by atoms with Crippen molar-refractivity contribution >= 4 is 0 Å². The minimum absolute atomic E-state index is 0.348. The van der Waals surface area contributed by atoms with Gasteiger partial charge in [-0.2, -0.15) is 0 Å². The van der Waals surface area contributed by atoms with Crippen molar-refractivity contribution in [2.45, 2.75) is 38.2 Å². The molecule has 1 fully saturated rings. The standard InChI is InChI=1S/C9H18O2/c1-9(10)6-4-3-5-8(9)7-11-2/h8,10H,3-7H2,1-2H3/t8-,9+/m1/s1. The van der Waals surface area contributed by atoms with E-state index in [-0.39, 0.29) is 0 Å². The normalized spacial score (nSPS) is 39.0. The summed E-state index contributed by atoms with van der Waals surface area (Å²) < 4.78 is 5.06. The molecule has 0 aromatic carbocycles. The van der Waals surface area contributed by atoms with Gasteiger partial charge in [0.05, 0.1) is 12.2 Å². The van der Waals surface area contributed by atoms with Gasteiger partial charge in [-0.3, -0.25) is 0 Å². The van der Waals surface area contributed by atoms with Gasteiger partial charge in [0.15, 0.2) is 0 Å². The molecule has 0 bridgehead atoms. The Morgan fingerprint density at radius 1 is 1.55 bits per heavy atom. The predicted molar refractivity (Wildman–Crippen MR) is 44.5 cm³/mol. The highest BCUT2D eigenvalue weighted by Crippen LogP contribution is 2.33. The van der Waals surface area contributed by atoms with Crippen LogP contribution in [0.1, 0.15) is 32.6 Å². The van der Waals surface area contributed by atoms with Crippen LogP contribution in [0.4, 0.5) is 0 Å². The SMILES string of the molecule is COC[C@H]1CCCC[C@]1(C)O. The maximum atomic E-state index is 9.89. The first-order valence-corrected chi connectivity index (χ1v) is 4.38. The Morgan fingerprint density at radius 2 is 2.27 bits per heavy atom. The van der Waals surface area contributed by atoms with Crippen LogP contribution in [-0.2, 0) is 4.74 Å². The second-order valence-corrected chi connectivity index (χ2v) is 3.76. The smallest absolute Gasteiger partial charge is 0.0669 e. The van der Waals surface area contributed by atoms with E-state index in [1.807, 2.05) is 6.92 Å². The summed E-state index contributed by atoms with van der Waals surface area (Å²) in [5.74, 6) is 0.348. The third kappa shape index (κ3) is 2.17. The van der Waals surface area contributed by atoms with Gasteiger partial charge in [0.1, 0.15) is 0 Å². The molecule has 1 rings (SSSR count). The van der Waals surface area contributed by atoms with Crippen LogP contribution < -0.4 is 0 Å². The second kappa shape index (κ2) is 3.55. The average molecular weight is 158 g/mol. The Morgan fingerprint density at radius 3 is 2.82 bits per heavy atom. The minimum atomic E-state index is -0.478. The lowest BCUT2D eigenvalue weighted by molar-refractivity contribution is -0.0591. The number of aliphatic hydroxyl groups is 1. The van der Waals surface area contributed by atoms with Crippen LogP contribution in [0.25, 0.3) is 0 Å². The Bertz CT molecular complexity index is 119. The lowest BCUT2D eigenvalue weighted by atomic mass is 9.77. The fourth-order valence-electron chi connectivity index (χ4n) is 1.85. The van der Waals surface area contributed by atoms with Crippen molar-refractivity contribution < 1.29 is 9.84 Å². The van der Waals surface area contributed by atoms with E-state index in [0.717, 1.165) is 19.3 Å². The van der Waals surface area contributed by atoms with Crippen LogP contribution in [0.2, 0.25) is 0 Å². The van der Waals surface area contributed by atoms with Gasteiger partial charge in [0.25, 0.3) is 0 Å². The highest BCUT2D eigenvalue weighted by atomic mass is 16.5. The molecule has 0 aromatic heterocycles. The van der Waals surface area contributed by atoms with E-state index in [4.69, 9.17) is 4.74 Å². The summed E-state index contributed by atoms with van der Waals surface area (Å²) in [6.45, 7) is 2.63. The van der Waals surface area contributed by atoms with Crippen LogP contribution in [0, 0.1) is 5.92 Å². The number of rotatable bonds is 2. The summed E-state index contributed by atoms with van der Waals surface area (Å²) in [6.07, 6.45) is 4.44. The summed E-state index contributed by atoms with van der Waals surface area (Å²) >= 11 is 0. The first-order chi connectivity index (χ1) is 5.17. The summed E-state index contributed by atoms with van der Waals surface area (Å²) in [4.78, 5) is 0. The summed E-state index contributed by atoms with van der Waals surface area (Å²) in [5, 5.41) is 9.89. The highest BCUT2D eigenvalue weighted by Gasteiger charge is 2.33. The molecule has 66 valence electrons. The Labute approximate surface area is 68.6 Å². The molecule has 2 atom stereocenters. The molecule has 0 radical (unpaired) electrons. The molecule has 1 N–H and O–H groups in total. The van der Waals surface area contributed by atoms with Gasteiger partial charge in [-0.1, -0.05) is 12.8 Å². The van der Waals surface area contributed by atoms with Gasteiger partial charge in [-0.05, 0) is 19.8 Å². The first kappa shape index (κ1) is 9.01. The molecule has 1 aliphatic rings. The Kier molecular flexibility index (Phi) is 2.90. The van der Waals surface area contributed by atoms with Crippen molar-refractivity contribution in [1.82, 2.24) is 0 Å². The zero-order chi connectivity index (χ0) is 8.32. The quantitative estimate of drug-likeness (QED) is 0.661. The van der Waals surface area contributed by atoms with Crippen LogP contribution >= 0.6 is 0 Å². The molecule has 11 heavy (non-hydrogen) atoms. The molecule has 0 heterocycles. The van der Waals surface area contributed by atoms with E-state index in [0.29, 0.717) is 12.5 Å². The van der Waals surface area contributed by atoms with Gasteiger partial charge in [0, 0.05) is 13.0 Å². The van der Waals surface area contributed by atoms with Crippen molar-refractivity contribution in [1.29, 1.82) is 0 Å². The van der Waals surface area contributed by atoms with Crippen molar-refractivity contribution in [2.24, 2.45) is 5.92 Å². The maximum absolute atomic E-state index is 9.89. The van der Waals surface area contributed by atoms with Gasteiger partial charge in [-0.25, -0.2) is 0 Å². The van der Waals surface area contributed by atoms with Gasteiger partial charge >= 0.3 is 0 Å². The fraction of sp³-hybridized carbons (Fsp3) is 1.00. The van der Waals surface area contributed by atoms with Crippen LogP contribution in [0.5, 0.6) is 0 Å². The zero-order valence-electron chi connectivity index (χ0n) is 7.47. The molecule has 0 aliphatic heterocycles. The second-order valence-electron chi connectivity index (χ2n) is 3.76. The van der Waals surface area contributed by atoms with Gasteiger partial charge < -0.3 is 9.84 Å². The number of hydrogen-bond donors (Lipinski definition) is 1. The first-order valence-electron chi connectivity index (χ1n) is 4.38. The van der Waals surface area contributed by atoms with E-state index in [1.54, 1.807) is 7.11 Å². The molecule has 0 unspecified atom stereocenters. The number of methoxy groups -OCH3 is 1. The zero-order valence-corrected chi connectivity index (χ0v) is 7.47. The third-order valence-corrected chi connectivity index (χ3v) is 2.73. The molecule has 0 saturated heterocycles. The molecule has 0 amide bonds. The minimum Gasteiger partial charge on any atom is -0.390 e. The molecular formula is C9H18O2. The fourth-order valence-corrected chi connectivity index (χ4v) is 1.85. The van der Waals surface area contributed by atoms with Gasteiger partial charge in [0.2, 0.25) is 0 Å². The van der Waals surface area contributed by atoms with Crippen LogP contribution in [-0.4, -0.2) is 24.4 Å². The molecule has 1 aliphatic carbocycles. The largest absolute Gasteiger partial charge is 0.390 e. The highest BCUT2D eigenvalue weighted by molar-refractivity contribution is 4.85. The summed E-state index contributed by atoms with van der Waals surface area (Å²) in [7, 11) is 1.70. The van der Waals surface area contributed by atoms with E-state index >= 15 is 0 Å². The topological polar surface area (TPSA) is 29.5 Å². The maximum Gasteiger partial charge on any atom is 0.0669 e. The molecular weight excluding hydrogens is 140 g/mol. The average Bonchev–Trinajstić information content (AvgIpc) is 1.94. The third-order valence-electron chi connectivity index (χ3n) is 2.73. The van der Waals surface area contributed by atoms with E-state index in [1.165, 1.54) is 6.42 Å². The van der Waals surface area contributed by atoms with Crippen molar-refractivity contribution in [3.63, 3.8) is 0 Å². The monoisotopic (exact) mass is 158 g/mol. The Balaban J connectivity index is 2.45. The van der Waals surface area contributed by atoms with E-state index in [2.05, 4.69) is 0 Å². The van der Waals surface area contributed by atoms with E-state index in [9.17, 15) is 5.11 Å². The number of hydrogen-bond acceptors (Lipinski definition) is 2. The molecule has 2 nitrogen and oxygen atoms in total. The lowest BCUT2D eigenvalue weighted by Gasteiger charge is -2.36. The van der Waals surface area contributed by atoms with Crippen LogP contribution in [0.3, 0.4) is 0 Å². The van der Waals surface area contributed by atoms with Crippen molar-refractivity contribution in [2.75, 3.05) is 13.7 Å². The lowest BCUT2D eigenvalue weighted by Crippen LogP contribution is -2.39. The summed E-state index contributed by atoms with van der Waals surface area (Å²) in [5.41, 5.74) is -0.478. The number of ether oxygens (including phenoxy) is 1. The molecule has 1 saturated carbocycles. The van der Waals surface area contributed by atoms with Gasteiger partial charge in [-0.15, -0.1) is 0 Å². The Hall–Kier alpha value is -0.0800. The predicted octanol–water partition coefficient (Wildman–Crippen LogP) is 1.57. The van der Waals surface area contributed by atoms with Crippen LogP contribution in [0.15, 0.2) is 0 Å². The molecule has 0 aromatic rings. The van der Waals surface area contributed by atoms with Crippen molar-refractivity contribution in [3.05, 3.63) is 0 Å². The van der Waals surface area contributed by atoms with Crippen molar-refractivity contribution in [3.8, 4) is 0 Å². The van der Waals surface area contributed by atoms with E-state index < -0.39 is 5.60 Å². The molecule has 2 heteroatoms.